The van der Waals surface area contributed by atoms with Gasteiger partial charge in [-0.1, -0.05) is 20.8 Å². The van der Waals surface area contributed by atoms with Crippen LogP contribution in [0.15, 0.2) is 0 Å². The first-order valence-electron chi connectivity index (χ1n) is 8.60. The number of nitrogens with zero attached hydrogens (tertiary/aromatic N) is 1. The highest BCUT2D eigenvalue weighted by Gasteiger charge is 2.26. The molecule has 0 aliphatic carbocycles. The zero-order chi connectivity index (χ0) is 14.4. The summed E-state index contributed by atoms with van der Waals surface area (Å²) in [6, 6.07) is 0. The van der Waals surface area contributed by atoms with E-state index in [1.807, 2.05) is 0 Å². The molecule has 0 aromatic heterocycles. The second-order valence-electron chi connectivity index (χ2n) is 7.66. The summed E-state index contributed by atoms with van der Waals surface area (Å²) in [6.45, 7) is 13.7. The highest BCUT2D eigenvalue weighted by Crippen LogP contribution is 2.34. The standard InChI is InChI=1S/C17H34N2S/c1-17(2,3)15-5-4-11-19(12-8-15)13-14-20-16-6-9-18-10-7-16/h15-16,18H,4-14H2,1-3H3. The average Bonchev–Trinajstić information content (AvgIpc) is 2.65. The largest absolute Gasteiger partial charge is 0.317 e. The highest BCUT2D eigenvalue weighted by molar-refractivity contribution is 7.99. The second kappa shape index (κ2) is 8.05. The van der Waals surface area contributed by atoms with Gasteiger partial charge in [-0.3, -0.25) is 0 Å². The predicted molar refractivity (Wildman–Crippen MR) is 91.6 cm³/mol. The Kier molecular flexibility index (Phi) is 6.70. The Morgan fingerprint density at radius 2 is 1.80 bits per heavy atom. The molecular weight excluding hydrogens is 264 g/mol. The molecule has 2 heterocycles. The molecule has 2 fully saturated rings. The molecule has 3 heteroatoms. The summed E-state index contributed by atoms with van der Waals surface area (Å²) in [4.78, 5) is 2.72. The summed E-state index contributed by atoms with van der Waals surface area (Å²) in [7, 11) is 0. The summed E-state index contributed by atoms with van der Waals surface area (Å²) in [6.07, 6.45) is 6.98. The van der Waals surface area contributed by atoms with Gasteiger partial charge in [0.05, 0.1) is 0 Å². The molecule has 2 aliphatic heterocycles. The molecule has 0 amide bonds. The summed E-state index contributed by atoms with van der Waals surface area (Å²) in [5.41, 5.74) is 0.500. The molecule has 2 aliphatic rings. The SMILES string of the molecule is CC(C)(C)C1CCCN(CCSC2CCNCC2)CC1. The molecule has 0 aromatic rings. The van der Waals surface area contributed by atoms with Crippen molar-refractivity contribution < 1.29 is 0 Å². The molecule has 1 N–H and O–H groups in total. The lowest BCUT2D eigenvalue weighted by molar-refractivity contribution is 0.210. The third-order valence-corrected chi connectivity index (χ3v) is 6.45. The van der Waals surface area contributed by atoms with Crippen molar-refractivity contribution in [3.05, 3.63) is 0 Å². The van der Waals surface area contributed by atoms with Crippen LogP contribution in [-0.2, 0) is 0 Å². The minimum absolute atomic E-state index is 0.500. The van der Waals surface area contributed by atoms with Gasteiger partial charge in [0.2, 0.25) is 0 Å². The van der Waals surface area contributed by atoms with Crippen molar-refractivity contribution in [3.63, 3.8) is 0 Å². The molecule has 118 valence electrons. The summed E-state index contributed by atoms with van der Waals surface area (Å²) < 4.78 is 0. The monoisotopic (exact) mass is 298 g/mol. The van der Waals surface area contributed by atoms with E-state index in [9.17, 15) is 0 Å². The van der Waals surface area contributed by atoms with Crippen LogP contribution in [0.25, 0.3) is 0 Å². The molecular formula is C17H34N2S. The van der Waals surface area contributed by atoms with E-state index in [0.29, 0.717) is 5.41 Å². The molecule has 2 rings (SSSR count). The number of nitrogens with one attached hydrogen (secondary N) is 1. The van der Waals surface area contributed by atoms with E-state index in [0.717, 1.165) is 11.2 Å². The molecule has 0 bridgehead atoms. The summed E-state index contributed by atoms with van der Waals surface area (Å²) in [5.74, 6) is 2.26. The van der Waals surface area contributed by atoms with Crippen molar-refractivity contribution in [2.75, 3.05) is 38.5 Å². The van der Waals surface area contributed by atoms with Crippen LogP contribution in [0.3, 0.4) is 0 Å². The maximum Gasteiger partial charge on any atom is 0.00724 e. The Morgan fingerprint density at radius 3 is 2.50 bits per heavy atom. The van der Waals surface area contributed by atoms with Gasteiger partial charge in [0, 0.05) is 17.5 Å². The van der Waals surface area contributed by atoms with Crippen LogP contribution in [0, 0.1) is 11.3 Å². The Balaban J connectivity index is 1.64. The predicted octanol–water partition coefficient (Wildman–Crippen LogP) is 3.62. The first kappa shape index (κ1) is 16.6. The molecule has 1 unspecified atom stereocenters. The van der Waals surface area contributed by atoms with Gasteiger partial charge in [0.1, 0.15) is 0 Å². The Hall–Kier alpha value is 0.270. The lowest BCUT2D eigenvalue weighted by Gasteiger charge is -2.30. The maximum absolute atomic E-state index is 3.46. The zero-order valence-corrected chi connectivity index (χ0v) is 14.6. The summed E-state index contributed by atoms with van der Waals surface area (Å²) >= 11 is 2.22. The van der Waals surface area contributed by atoms with E-state index in [4.69, 9.17) is 0 Å². The van der Waals surface area contributed by atoms with E-state index < -0.39 is 0 Å². The minimum Gasteiger partial charge on any atom is -0.317 e. The number of rotatable bonds is 4. The van der Waals surface area contributed by atoms with Gasteiger partial charge < -0.3 is 10.2 Å². The normalized spacial score (nSPS) is 27.4. The highest BCUT2D eigenvalue weighted by atomic mass is 32.2. The van der Waals surface area contributed by atoms with Crippen molar-refractivity contribution in [1.29, 1.82) is 0 Å². The van der Waals surface area contributed by atoms with Crippen LogP contribution in [0.1, 0.15) is 52.9 Å². The van der Waals surface area contributed by atoms with Crippen molar-refractivity contribution in [2.45, 2.75) is 58.1 Å². The lowest BCUT2D eigenvalue weighted by Crippen LogP contribution is -2.31. The van der Waals surface area contributed by atoms with E-state index in [-0.39, 0.29) is 0 Å². The number of hydrogen-bond donors (Lipinski definition) is 1. The van der Waals surface area contributed by atoms with Crippen LogP contribution in [0.2, 0.25) is 0 Å². The molecule has 20 heavy (non-hydrogen) atoms. The van der Waals surface area contributed by atoms with E-state index in [1.165, 1.54) is 70.6 Å². The minimum atomic E-state index is 0.500. The van der Waals surface area contributed by atoms with Gasteiger partial charge in [-0.15, -0.1) is 0 Å². The fraction of sp³-hybridized carbons (Fsp3) is 1.00. The number of thioether (sulfide) groups is 1. The number of hydrogen-bond acceptors (Lipinski definition) is 3. The van der Waals surface area contributed by atoms with Crippen LogP contribution >= 0.6 is 11.8 Å². The fourth-order valence-electron chi connectivity index (χ4n) is 3.56. The van der Waals surface area contributed by atoms with Gasteiger partial charge in [-0.05, 0) is 69.6 Å². The average molecular weight is 299 g/mol. The van der Waals surface area contributed by atoms with Crippen LogP contribution in [0.5, 0.6) is 0 Å². The quantitative estimate of drug-likeness (QED) is 0.853. The third-order valence-electron chi connectivity index (χ3n) is 5.09. The number of piperidine rings is 1. The third kappa shape index (κ3) is 5.57. The van der Waals surface area contributed by atoms with Crippen LogP contribution in [0.4, 0.5) is 0 Å². The first-order valence-corrected chi connectivity index (χ1v) is 9.65. The van der Waals surface area contributed by atoms with E-state index in [1.54, 1.807) is 0 Å². The topological polar surface area (TPSA) is 15.3 Å². The van der Waals surface area contributed by atoms with E-state index in [2.05, 4.69) is 42.7 Å². The van der Waals surface area contributed by atoms with Gasteiger partial charge in [0.15, 0.2) is 0 Å². The molecule has 0 saturated carbocycles. The van der Waals surface area contributed by atoms with Gasteiger partial charge in [-0.25, -0.2) is 0 Å². The van der Waals surface area contributed by atoms with Crippen molar-refractivity contribution in [2.24, 2.45) is 11.3 Å². The van der Waals surface area contributed by atoms with Crippen molar-refractivity contribution in [1.82, 2.24) is 10.2 Å². The molecule has 1 atom stereocenters. The summed E-state index contributed by atoms with van der Waals surface area (Å²) in [5, 5.41) is 4.38. The molecule has 0 radical (unpaired) electrons. The van der Waals surface area contributed by atoms with Gasteiger partial charge in [0.25, 0.3) is 0 Å². The van der Waals surface area contributed by atoms with Gasteiger partial charge >= 0.3 is 0 Å². The van der Waals surface area contributed by atoms with Crippen LogP contribution in [-0.4, -0.2) is 48.6 Å². The molecule has 2 saturated heterocycles. The fourth-order valence-corrected chi connectivity index (χ4v) is 4.82. The molecule has 0 spiro atoms. The Labute approximate surface area is 130 Å². The van der Waals surface area contributed by atoms with E-state index >= 15 is 0 Å². The molecule has 0 aromatic carbocycles. The maximum atomic E-state index is 3.46. The lowest BCUT2D eigenvalue weighted by atomic mass is 9.77. The second-order valence-corrected chi connectivity index (χ2v) is 9.06. The first-order chi connectivity index (χ1) is 9.55. The smallest absolute Gasteiger partial charge is 0.00724 e. The Morgan fingerprint density at radius 1 is 1.05 bits per heavy atom. The van der Waals surface area contributed by atoms with Crippen LogP contribution < -0.4 is 5.32 Å². The molecule has 2 nitrogen and oxygen atoms in total. The van der Waals surface area contributed by atoms with Crippen molar-refractivity contribution in [3.8, 4) is 0 Å². The van der Waals surface area contributed by atoms with Gasteiger partial charge in [-0.2, -0.15) is 11.8 Å². The Bertz CT molecular complexity index is 269. The van der Waals surface area contributed by atoms with Crippen molar-refractivity contribution >= 4 is 11.8 Å². The zero-order valence-electron chi connectivity index (χ0n) is 13.8. The number of likely N-dealkylation sites (tertiary alicyclic amines) is 1.